The number of halogens is 4. The molecule has 36 heavy (non-hydrogen) atoms. The van der Waals surface area contributed by atoms with Crippen molar-refractivity contribution in [3.05, 3.63) is 95.4 Å². The molecule has 0 saturated carbocycles. The normalized spacial score (nSPS) is 11.7. The zero-order valence-corrected chi connectivity index (χ0v) is 19.9. The zero-order chi connectivity index (χ0) is 25.5. The first-order chi connectivity index (χ1) is 17.3. The lowest BCUT2D eigenvalue weighted by molar-refractivity contribution is -0.153. The number of fused-ring (bicyclic) bond motifs is 1. The van der Waals surface area contributed by atoms with Crippen LogP contribution in [0, 0.1) is 5.82 Å². The van der Waals surface area contributed by atoms with Gasteiger partial charge in [-0.05, 0) is 72.0 Å². The van der Waals surface area contributed by atoms with Gasteiger partial charge in [-0.25, -0.2) is 4.39 Å². The predicted molar refractivity (Wildman–Crippen MR) is 133 cm³/mol. The van der Waals surface area contributed by atoms with Crippen molar-refractivity contribution < 1.29 is 27.0 Å². The van der Waals surface area contributed by atoms with Crippen LogP contribution in [0.15, 0.2) is 72.9 Å². The largest absolute Gasteiger partial charge is 0.484 e. The standard InChI is InChI=1S/C29H27F4NO2/c1-35-16-2-3-21-7-15-27(34-18-21)24-11-14-26-23(17-24)10-9-22(28(26)30)8-4-20-5-12-25(13-6-20)36-19-29(31,32)33/h5-7,9-15,17-18H,2-4,8,16,19H2,1H3. The van der Waals surface area contributed by atoms with Gasteiger partial charge in [-0.3, -0.25) is 4.98 Å². The number of pyridine rings is 1. The highest BCUT2D eigenvalue weighted by Gasteiger charge is 2.28. The predicted octanol–water partition coefficient (Wildman–Crippen LogP) is 7.35. The summed E-state index contributed by atoms with van der Waals surface area (Å²) in [4.78, 5) is 4.57. The molecule has 0 unspecified atom stereocenters. The third-order valence-electron chi connectivity index (χ3n) is 5.98. The molecular formula is C29H27F4NO2. The maximum absolute atomic E-state index is 15.2. The molecule has 0 aliphatic heterocycles. The van der Waals surface area contributed by atoms with Crippen molar-refractivity contribution in [3.63, 3.8) is 0 Å². The van der Waals surface area contributed by atoms with Crippen molar-refractivity contribution in [2.24, 2.45) is 0 Å². The highest BCUT2D eigenvalue weighted by Crippen LogP contribution is 2.28. The molecule has 0 aliphatic carbocycles. The number of hydrogen-bond donors (Lipinski definition) is 0. The first-order valence-electron chi connectivity index (χ1n) is 11.8. The number of aryl methyl sites for hydroxylation is 3. The van der Waals surface area contributed by atoms with Crippen LogP contribution in [0.4, 0.5) is 17.6 Å². The third-order valence-corrected chi connectivity index (χ3v) is 5.98. The lowest BCUT2D eigenvalue weighted by Gasteiger charge is -2.11. The summed E-state index contributed by atoms with van der Waals surface area (Å²) in [5, 5.41) is 1.34. The van der Waals surface area contributed by atoms with E-state index in [2.05, 4.69) is 11.1 Å². The van der Waals surface area contributed by atoms with Gasteiger partial charge in [0, 0.05) is 30.9 Å². The van der Waals surface area contributed by atoms with Gasteiger partial charge in [0.15, 0.2) is 6.61 Å². The Morgan fingerprint density at radius 2 is 1.61 bits per heavy atom. The molecule has 0 N–H and O–H groups in total. The van der Waals surface area contributed by atoms with E-state index in [0.29, 0.717) is 30.4 Å². The number of methoxy groups -OCH3 is 1. The van der Waals surface area contributed by atoms with Crippen LogP contribution < -0.4 is 4.74 Å². The molecular weight excluding hydrogens is 470 g/mol. The Bertz CT molecular complexity index is 1290. The molecule has 3 aromatic carbocycles. The third kappa shape index (κ3) is 6.82. The summed E-state index contributed by atoms with van der Waals surface area (Å²) in [6, 6.07) is 19.7. The fourth-order valence-electron chi connectivity index (χ4n) is 4.05. The Labute approximate surface area is 207 Å². The molecule has 0 spiro atoms. The van der Waals surface area contributed by atoms with E-state index in [-0.39, 0.29) is 11.6 Å². The minimum absolute atomic E-state index is 0.152. The number of alkyl halides is 3. The number of hydrogen-bond acceptors (Lipinski definition) is 3. The zero-order valence-electron chi connectivity index (χ0n) is 19.9. The van der Waals surface area contributed by atoms with Crippen LogP contribution in [-0.4, -0.2) is 31.5 Å². The fraction of sp³-hybridized carbons (Fsp3) is 0.276. The molecule has 0 fully saturated rings. The number of aromatic nitrogens is 1. The molecule has 0 radical (unpaired) electrons. The molecule has 0 aliphatic rings. The van der Waals surface area contributed by atoms with E-state index >= 15 is 4.39 Å². The SMILES string of the molecule is COCCCc1ccc(-c2ccc3c(F)c(CCc4ccc(OCC(F)(F)F)cc4)ccc3c2)nc1. The molecule has 3 nitrogen and oxygen atoms in total. The summed E-state index contributed by atoms with van der Waals surface area (Å²) in [6.07, 6.45) is 0.366. The van der Waals surface area contributed by atoms with E-state index in [1.54, 1.807) is 31.4 Å². The number of benzene rings is 3. The van der Waals surface area contributed by atoms with Crippen molar-refractivity contribution in [2.75, 3.05) is 20.3 Å². The van der Waals surface area contributed by atoms with Crippen LogP contribution in [0.5, 0.6) is 5.75 Å². The monoisotopic (exact) mass is 497 g/mol. The van der Waals surface area contributed by atoms with Crippen LogP contribution >= 0.6 is 0 Å². The van der Waals surface area contributed by atoms with E-state index in [1.807, 2.05) is 30.5 Å². The molecule has 0 amide bonds. The summed E-state index contributed by atoms with van der Waals surface area (Å²) >= 11 is 0. The quantitative estimate of drug-likeness (QED) is 0.170. The molecule has 4 rings (SSSR count). The minimum Gasteiger partial charge on any atom is -0.484 e. The van der Waals surface area contributed by atoms with Crippen molar-refractivity contribution in [1.29, 1.82) is 0 Å². The lowest BCUT2D eigenvalue weighted by Crippen LogP contribution is -2.19. The summed E-state index contributed by atoms with van der Waals surface area (Å²) in [5.74, 6) is -0.107. The van der Waals surface area contributed by atoms with Crippen molar-refractivity contribution in [1.82, 2.24) is 4.98 Å². The molecule has 1 heterocycles. The highest BCUT2D eigenvalue weighted by atomic mass is 19.4. The molecule has 1 aromatic heterocycles. The first kappa shape index (κ1) is 25.6. The smallest absolute Gasteiger partial charge is 0.422 e. The van der Waals surface area contributed by atoms with Crippen molar-refractivity contribution >= 4 is 10.8 Å². The van der Waals surface area contributed by atoms with Gasteiger partial charge in [-0.2, -0.15) is 13.2 Å². The van der Waals surface area contributed by atoms with Gasteiger partial charge in [-0.1, -0.05) is 42.5 Å². The first-order valence-corrected chi connectivity index (χ1v) is 11.8. The molecule has 7 heteroatoms. The topological polar surface area (TPSA) is 31.4 Å². The lowest BCUT2D eigenvalue weighted by atomic mass is 9.98. The molecule has 0 bridgehead atoms. The molecule has 0 atom stereocenters. The molecule has 188 valence electrons. The van der Waals surface area contributed by atoms with E-state index in [9.17, 15) is 13.2 Å². The number of rotatable bonds is 10. The van der Waals surface area contributed by atoms with E-state index in [0.717, 1.165) is 40.6 Å². The van der Waals surface area contributed by atoms with Gasteiger partial charge in [0.1, 0.15) is 11.6 Å². The van der Waals surface area contributed by atoms with Crippen LogP contribution in [0.1, 0.15) is 23.1 Å². The maximum atomic E-state index is 15.2. The molecule has 4 aromatic rings. The average molecular weight is 498 g/mol. The number of ether oxygens (including phenoxy) is 2. The maximum Gasteiger partial charge on any atom is 0.422 e. The van der Waals surface area contributed by atoms with Gasteiger partial charge in [0.2, 0.25) is 0 Å². The Hall–Kier alpha value is -3.45. The minimum atomic E-state index is -4.38. The van der Waals surface area contributed by atoms with Crippen LogP contribution in [0.2, 0.25) is 0 Å². The Morgan fingerprint density at radius 1 is 0.833 bits per heavy atom. The summed E-state index contributed by atoms with van der Waals surface area (Å²) < 4.78 is 61.9. The van der Waals surface area contributed by atoms with Gasteiger partial charge in [-0.15, -0.1) is 0 Å². The second kappa shape index (κ2) is 11.5. The Balaban J connectivity index is 1.41. The van der Waals surface area contributed by atoms with Gasteiger partial charge >= 0.3 is 6.18 Å². The van der Waals surface area contributed by atoms with E-state index in [4.69, 9.17) is 9.47 Å². The van der Waals surface area contributed by atoms with Gasteiger partial charge in [0.25, 0.3) is 0 Å². The highest BCUT2D eigenvalue weighted by molar-refractivity contribution is 5.88. The van der Waals surface area contributed by atoms with Gasteiger partial charge in [0.05, 0.1) is 5.69 Å². The van der Waals surface area contributed by atoms with Crippen LogP contribution in [-0.2, 0) is 24.0 Å². The van der Waals surface area contributed by atoms with E-state index < -0.39 is 12.8 Å². The number of nitrogens with zero attached hydrogens (tertiary/aromatic N) is 1. The van der Waals surface area contributed by atoms with Crippen LogP contribution in [0.25, 0.3) is 22.0 Å². The van der Waals surface area contributed by atoms with E-state index in [1.165, 1.54) is 12.1 Å². The average Bonchev–Trinajstić information content (AvgIpc) is 2.88. The summed E-state index contributed by atoms with van der Waals surface area (Å²) in [6.45, 7) is -0.612. The van der Waals surface area contributed by atoms with Crippen molar-refractivity contribution in [2.45, 2.75) is 31.9 Å². The Kier molecular flexibility index (Phi) is 8.21. The molecule has 0 saturated heterocycles. The summed E-state index contributed by atoms with van der Waals surface area (Å²) in [5.41, 5.74) is 4.38. The van der Waals surface area contributed by atoms with Gasteiger partial charge < -0.3 is 9.47 Å². The van der Waals surface area contributed by atoms with Crippen molar-refractivity contribution in [3.8, 4) is 17.0 Å². The van der Waals surface area contributed by atoms with Crippen LogP contribution in [0.3, 0.4) is 0 Å². The second-order valence-electron chi connectivity index (χ2n) is 8.67. The Morgan fingerprint density at radius 3 is 2.31 bits per heavy atom. The fourth-order valence-corrected chi connectivity index (χ4v) is 4.05. The summed E-state index contributed by atoms with van der Waals surface area (Å²) in [7, 11) is 1.69. The second-order valence-corrected chi connectivity index (χ2v) is 8.67.